The minimum atomic E-state index is -0.111. The van der Waals surface area contributed by atoms with E-state index in [0.717, 1.165) is 24.8 Å². The zero-order chi connectivity index (χ0) is 21.6. The molecule has 0 aliphatic carbocycles. The SMILES string of the molecule is CCCN(C(=O)c1cc(-c2ccccc2)on1)C1CCN(C(=O)c2ccccc2)CC1. The number of piperidine rings is 1. The van der Waals surface area contributed by atoms with Crippen LogP contribution in [0.25, 0.3) is 11.3 Å². The number of amides is 2. The topological polar surface area (TPSA) is 66.7 Å². The highest BCUT2D eigenvalue weighted by Gasteiger charge is 2.31. The van der Waals surface area contributed by atoms with E-state index in [1.807, 2.05) is 70.5 Å². The summed E-state index contributed by atoms with van der Waals surface area (Å²) in [7, 11) is 0. The maximum absolute atomic E-state index is 13.2. The molecule has 1 aliphatic heterocycles. The molecular weight excluding hydrogens is 390 g/mol. The van der Waals surface area contributed by atoms with Crippen molar-refractivity contribution in [3.63, 3.8) is 0 Å². The highest BCUT2D eigenvalue weighted by molar-refractivity contribution is 5.94. The highest BCUT2D eigenvalue weighted by Crippen LogP contribution is 2.24. The van der Waals surface area contributed by atoms with Crippen LogP contribution in [0.3, 0.4) is 0 Å². The summed E-state index contributed by atoms with van der Waals surface area (Å²) in [5, 5.41) is 4.04. The van der Waals surface area contributed by atoms with Gasteiger partial charge in [-0.15, -0.1) is 0 Å². The Labute approximate surface area is 182 Å². The van der Waals surface area contributed by atoms with Gasteiger partial charge in [-0.1, -0.05) is 60.6 Å². The van der Waals surface area contributed by atoms with Gasteiger partial charge in [-0.3, -0.25) is 9.59 Å². The molecule has 2 heterocycles. The van der Waals surface area contributed by atoms with Crippen LogP contribution >= 0.6 is 0 Å². The van der Waals surface area contributed by atoms with E-state index in [4.69, 9.17) is 4.52 Å². The van der Waals surface area contributed by atoms with Gasteiger partial charge in [-0.2, -0.15) is 0 Å². The lowest BCUT2D eigenvalue weighted by molar-refractivity contribution is 0.0513. The largest absolute Gasteiger partial charge is 0.355 e. The predicted octanol–water partition coefficient (Wildman–Crippen LogP) is 4.50. The first-order chi connectivity index (χ1) is 15.2. The number of hydrogen-bond donors (Lipinski definition) is 0. The van der Waals surface area contributed by atoms with E-state index in [1.165, 1.54) is 0 Å². The van der Waals surface area contributed by atoms with Crippen molar-refractivity contribution in [2.45, 2.75) is 32.2 Å². The van der Waals surface area contributed by atoms with Crippen molar-refractivity contribution in [3.05, 3.63) is 78.0 Å². The van der Waals surface area contributed by atoms with Crippen molar-refractivity contribution in [2.24, 2.45) is 0 Å². The van der Waals surface area contributed by atoms with Gasteiger partial charge in [0.2, 0.25) is 0 Å². The monoisotopic (exact) mass is 417 g/mol. The summed E-state index contributed by atoms with van der Waals surface area (Å²) in [6, 6.07) is 20.8. The number of rotatable bonds is 6. The molecule has 0 spiro atoms. The molecule has 1 aliphatic rings. The van der Waals surface area contributed by atoms with Crippen LogP contribution in [0.15, 0.2) is 71.3 Å². The number of aromatic nitrogens is 1. The third-order valence-corrected chi connectivity index (χ3v) is 5.73. The average molecular weight is 418 g/mol. The van der Waals surface area contributed by atoms with Gasteiger partial charge in [0.15, 0.2) is 11.5 Å². The molecule has 6 heteroatoms. The van der Waals surface area contributed by atoms with E-state index in [0.29, 0.717) is 36.7 Å². The molecule has 0 atom stereocenters. The molecule has 4 rings (SSSR count). The molecule has 0 saturated carbocycles. The Morgan fingerprint density at radius 2 is 1.68 bits per heavy atom. The van der Waals surface area contributed by atoms with Crippen molar-refractivity contribution in [2.75, 3.05) is 19.6 Å². The minimum absolute atomic E-state index is 0.0522. The number of carbonyl (C=O) groups excluding carboxylic acids is 2. The van der Waals surface area contributed by atoms with Crippen LogP contribution in [-0.2, 0) is 0 Å². The molecule has 0 N–H and O–H groups in total. The second kappa shape index (κ2) is 9.60. The van der Waals surface area contributed by atoms with Gasteiger partial charge < -0.3 is 14.3 Å². The Morgan fingerprint density at radius 1 is 1.03 bits per heavy atom. The molecule has 1 fully saturated rings. The molecule has 2 aromatic carbocycles. The zero-order valence-corrected chi connectivity index (χ0v) is 17.7. The minimum Gasteiger partial charge on any atom is -0.355 e. The summed E-state index contributed by atoms with van der Waals surface area (Å²) in [5.74, 6) is 0.528. The van der Waals surface area contributed by atoms with Crippen LogP contribution in [0.4, 0.5) is 0 Å². The van der Waals surface area contributed by atoms with E-state index < -0.39 is 0 Å². The van der Waals surface area contributed by atoms with Crippen LogP contribution < -0.4 is 0 Å². The van der Waals surface area contributed by atoms with Crippen molar-refractivity contribution >= 4 is 11.8 Å². The van der Waals surface area contributed by atoms with E-state index in [1.54, 1.807) is 6.07 Å². The van der Waals surface area contributed by atoms with Crippen LogP contribution in [0.1, 0.15) is 47.0 Å². The molecule has 160 valence electrons. The summed E-state index contributed by atoms with van der Waals surface area (Å²) < 4.78 is 5.43. The van der Waals surface area contributed by atoms with Crippen LogP contribution in [0.5, 0.6) is 0 Å². The zero-order valence-electron chi connectivity index (χ0n) is 17.7. The first-order valence-electron chi connectivity index (χ1n) is 10.8. The number of nitrogens with zero attached hydrogens (tertiary/aromatic N) is 3. The van der Waals surface area contributed by atoms with Gasteiger partial charge in [0.05, 0.1) is 0 Å². The van der Waals surface area contributed by atoms with Crippen LogP contribution in [0.2, 0.25) is 0 Å². The van der Waals surface area contributed by atoms with Gasteiger partial charge in [-0.25, -0.2) is 0 Å². The number of benzene rings is 2. The Hall–Kier alpha value is -3.41. The highest BCUT2D eigenvalue weighted by atomic mass is 16.5. The van der Waals surface area contributed by atoms with Gasteiger partial charge in [0.25, 0.3) is 11.8 Å². The summed E-state index contributed by atoms with van der Waals surface area (Å²) in [6.45, 7) is 4.00. The van der Waals surface area contributed by atoms with E-state index in [2.05, 4.69) is 12.1 Å². The first-order valence-corrected chi connectivity index (χ1v) is 10.8. The fraction of sp³-hybridized carbons (Fsp3) is 0.320. The predicted molar refractivity (Wildman–Crippen MR) is 119 cm³/mol. The lowest BCUT2D eigenvalue weighted by atomic mass is 10.0. The third-order valence-electron chi connectivity index (χ3n) is 5.73. The van der Waals surface area contributed by atoms with Gasteiger partial charge in [0.1, 0.15) is 0 Å². The lowest BCUT2D eigenvalue weighted by Gasteiger charge is -2.38. The Bertz CT molecular complexity index is 1010. The molecular formula is C25H27N3O3. The molecule has 31 heavy (non-hydrogen) atoms. The van der Waals surface area contributed by atoms with Crippen LogP contribution in [0, 0.1) is 0 Å². The van der Waals surface area contributed by atoms with Gasteiger partial charge >= 0.3 is 0 Å². The number of carbonyl (C=O) groups is 2. The first kappa shape index (κ1) is 20.8. The van der Waals surface area contributed by atoms with E-state index >= 15 is 0 Å². The van der Waals surface area contributed by atoms with Crippen molar-refractivity contribution < 1.29 is 14.1 Å². The summed E-state index contributed by atoms with van der Waals surface area (Å²) in [6.07, 6.45) is 2.37. The van der Waals surface area contributed by atoms with E-state index in [9.17, 15) is 9.59 Å². The second-order valence-electron chi connectivity index (χ2n) is 7.83. The molecule has 1 saturated heterocycles. The average Bonchev–Trinajstić information content (AvgIpc) is 3.33. The fourth-order valence-electron chi connectivity index (χ4n) is 4.10. The van der Waals surface area contributed by atoms with Crippen molar-refractivity contribution in [3.8, 4) is 11.3 Å². The second-order valence-corrected chi connectivity index (χ2v) is 7.83. The lowest BCUT2D eigenvalue weighted by Crippen LogP contribution is -2.49. The van der Waals surface area contributed by atoms with E-state index in [-0.39, 0.29) is 17.9 Å². The maximum atomic E-state index is 13.2. The fourth-order valence-corrected chi connectivity index (χ4v) is 4.10. The maximum Gasteiger partial charge on any atom is 0.276 e. The Balaban J connectivity index is 1.43. The summed E-state index contributed by atoms with van der Waals surface area (Å²) in [4.78, 5) is 29.7. The molecule has 0 bridgehead atoms. The van der Waals surface area contributed by atoms with Crippen LogP contribution in [-0.4, -0.2) is 52.4 Å². The molecule has 0 unspecified atom stereocenters. The third kappa shape index (κ3) is 4.68. The van der Waals surface area contributed by atoms with Crippen molar-refractivity contribution in [1.29, 1.82) is 0 Å². The normalized spacial score (nSPS) is 14.4. The molecule has 6 nitrogen and oxygen atoms in total. The van der Waals surface area contributed by atoms with Gasteiger partial charge in [-0.05, 0) is 31.4 Å². The summed E-state index contributed by atoms with van der Waals surface area (Å²) >= 11 is 0. The number of hydrogen-bond acceptors (Lipinski definition) is 4. The van der Waals surface area contributed by atoms with Gasteiger partial charge in [0, 0.05) is 42.9 Å². The smallest absolute Gasteiger partial charge is 0.276 e. The molecule has 3 aromatic rings. The Morgan fingerprint density at radius 3 is 2.32 bits per heavy atom. The number of likely N-dealkylation sites (tertiary alicyclic amines) is 1. The van der Waals surface area contributed by atoms with Crippen molar-refractivity contribution in [1.82, 2.24) is 15.0 Å². The molecule has 2 amide bonds. The molecule has 0 radical (unpaired) electrons. The Kier molecular flexibility index (Phi) is 6.46. The quantitative estimate of drug-likeness (QED) is 0.592. The standard InChI is InChI=1S/C25H27N3O3/c1-2-15-28(25(30)22-18-23(31-26-22)19-9-5-3-6-10-19)21-13-16-27(17-14-21)24(29)20-11-7-4-8-12-20/h3-12,18,21H,2,13-17H2,1H3. The molecule has 1 aromatic heterocycles. The summed E-state index contributed by atoms with van der Waals surface area (Å²) in [5.41, 5.74) is 1.93.